The molecule has 0 aliphatic rings. The van der Waals surface area contributed by atoms with E-state index in [1.165, 1.54) is 10.5 Å². The molecule has 29 heavy (non-hydrogen) atoms. The average molecular weight is 420 g/mol. The predicted molar refractivity (Wildman–Crippen MR) is 122 cm³/mol. The fraction of sp³-hybridized carbons (Fsp3) is 0.174. The number of hydrogen-bond donors (Lipinski definition) is 0. The lowest BCUT2D eigenvalue weighted by atomic mass is 10.2. The molecule has 0 aliphatic carbocycles. The number of nitrogens with zero attached hydrogens (tertiary/aromatic N) is 3. The summed E-state index contributed by atoms with van der Waals surface area (Å²) in [5.74, 6) is 0.792. The van der Waals surface area contributed by atoms with Crippen molar-refractivity contribution in [2.75, 3.05) is 10.7 Å². The van der Waals surface area contributed by atoms with E-state index >= 15 is 0 Å². The second-order valence-electron chi connectivity index (χ2n) is 6.68. The first-order chi connectivity index (χ1) is 14.2. The number of carbonyl (C=O) groups is 1. The van der Waals surface area contributed by atoms with Gasteiger partial charge in [0.05, 0.1) is 22.5 Å². The molecule has 0 fully saturated rings. The summed E-state index contributed by atoms with van der Waals surface area (Å²) in [6, 6.07) is 22.1. The van der Waals surface area contributed by atoms with Crippen LogP contribution in [0.15, 0.2) is 77.8 Å². The van der Waals surface area contributed by atoms with E-state index in [9.17, 15) is 4.79 Å². The molecule has 4 aromatic rings. The summed E-state index contributed by atoms with van der Waals surface area (Å²) in [4.78, 5) is 25.2. The molecule has 2 aromatic heterocycles. The largest absolute Gasteiger partial charge is 0.282 e. The SMILES string of the molecule is Cc1ccc(SCCC(=O)N(Cc2ccccn2)c2nc3ccccc3s2)cc1. The lowest BCUT2D eigenvalue weighted by molar-refractivity contribution is -0.118. The number of hydrogen-bond acceptors (Lipinski definition) is 5. The number of aromatic nitrogens is 2. The van der Waals surface area contributed by atoms with Gasteiger partial charge in [0.2, 0.25) is 5.91 Å². The van der Waals surface area contributed by atoms with E-state index in [1.54, 1.807) is 34.2 Å². The highest BCUT2D eigenvalue weighted by molar-refractivity contribution is 7.99. The summed E-state index contributed by atoms with van der Waals surface area (Å²) in [6.45, 7) is 2.50. The summed E-state index contributed by atoms with van der Waals surface area (Å²) in [7, 11) is 0. The maximum absolute atomic E-state index is 13.1. The zero-order valence-electron chi connectivity index (χ0n) is 16.1. The molecule has 0 aliphatic heterocycles. The summed E-state index contributed by atoms with van der Waals surface area (Å²) in [6.07, 6.45) is 2.20. The number of para-hydroxylation sites is 1. The van der Waals surface area contributed by atoms with Gasteiger partial charge in [0.15, 0.2) is 5.13 Å². The summed E-state index contributed by atoms with van der Waals surface area (Å²) < 4.78 is 1.08. The van der Waals surface area contributed by atoms with Gasteiger partial charge >= 0.3 is 0 Å². The van der Waals surface area contributed by atoms with Crippen LogP contribution >= 0.6 is 23.1 Å². The minimum absolute atomic E-state index is 0.0642. The van der Waals surface area contributed by atoms with Crippen molar-refractivity contribution in [3.8, 4) is 0 Å². The van der Waals surface area contributed by atoms with Gasteiger partial charge in [-0.1, -0.05) is 47.2 Å². The molecule has 2 aromatic carbocycles. The van der Waals surface area contributed by atoms with Gasteiger partial charge in [-0.25, -0.2) is 4.98 Å². The topological polar surface area (TPSA) is 46.1 Å². The Balaban J connectivity index is 1.50. The number of aryl methyl sites for hydroxylation is 1. The van der Waals surface area contributed by atoms with Crippen LogP contribution in [-0.4, -0.2) is 21.6 Å². The first-order valence-corrected chi connectivity index (χ1v) is 11.2. The maximum atomic E-state index is 13.1. The number of thioether (sulfide) groups is 1. The lowest BCUT2D eigenvalue weighted by Gasteiger charge is -2.19. The van der Waals surface area contributed by atoms with Crippen LogP contribution in [0.25, 0.3) is 10.2 Å². The van der Waals surface area contributed by atoms with Gasteiger partial charge in [-0.05, 0) is 43.3 Å². The van der Waals surface area contributed by atoms with Gasteiger partial charge in [0.25, 0.3) is 0 Å². The van der Waals surface area contributed by atoms with Crippen molar-refractivity contribution in [1.29, 1.82) is 0 Å². The molecule has 146 valence electrons. The molecular weight excluding hydrogens is 398 g/mol. The number of anilines is 1. The van der Waals surface area contributed by atoms with E-state index < -0.39 is 0 Å². The lowest BCUT2D eigenvalue weighted by Crippen LogP contribution is -2.30. The van der Waals surface area contributed by atoms with Crippen LogP contribution in [0.1, 0.15) is 17.7 Å². The normalized spacial score (nSPS) is 10.9. The highest BCUT2D eigenvalue weighted by Crippen LogP contribution is 2.30. The smallest absolute Gasteiger partial charge is 0.229 e. The van der Waals surface area contributed by atoms with E-state index in [4.69, 9.17) is 4.98 Å². The van der Waals surface area contributed by atoms with Crippen LogP contribution in [0, 0.1) is 6.92 Å². The Hall–Kier alpha value is -2.70. The van der Waals surface area contributed by atoms with Crippen molar-refractivity contribution in [2.45, 2.75) is 24.8 Å². The number of pyridine rings is 1. The third kappa shape index (κ3) is 5.02. The molecule has 4 nitrogen and oxygen atoms in total. The van der Waals surface area contributed by atoms with Crippen LogP contribution in [0.4, 0.5) is 5.13 Å². The Morgan fingerprint density at radius 2 is 1.83 bits per heavy atom. The molecule has 0 bridgehead atoms. The highest BCUT2D eigenvalue weighted by atomic mass is 32.2. The van der Waals surface area contributed by atoms with E-state index in [0.717, 1.165) is 26.8 Å². The fourth-order valence-electron chi connectivity index (χ4n) is 2.92. The maximum Gasteiger partial charge on any atom is 0.229 e. The second kappa shape index (κ2) is 9.20. The van der Waals surface area contributed by atoms with Gasteiger partial charge in [0, 0.05) is 23.3 Å². The number of thiazole rings is 1. The Kier molecular flexibility index (Phi) is 6.22. The quantitative estimate of drug-likeness (QED) is 0.360. The molecule has 4 rings (SSSR count). The third-order valence-electron chi connectivity index (χ3n) is 4.47. The summed E-state index contributed by atoms with van der Waals surface area (Å²) in [5.41, 5.74) is 3.01. The molecule has 0 N–H and O–H groups in total. The average Bonchev–Trinajstić information content (AvgIpc) is 3.18. The molecule has 0 atom stereocenters. The van der Waals surface area contributed by atoms with Gasteiger partial charge in [0.1, 0.15) is 0 Å². The molecule has 6 heteroatoms. The van der Waals surface area contributed by atoms with Gasteiger partial charge in [-0.15, -0.1) is 11.8 Å². The molecule has 1 amide bonds. The minimum atomic E-state index is 0.0642. The summed E-state index contributed by atoms with van der Waals surface area (Å²) >= 11 is 3.25. The molecule has 2 heterocycles. The second-order valence-corrected chi connectivity index (χ2v) is 8.85. The van der Waals surface area contributed by atoms with Crippen LogP contribution in [-0.2, 0) is 11.3 Å². The summed E-state index contributed by atoms with van der Waals surface area (Å²) in [5, 5.41) is 0.724. The van der Waals surface area contributed by atoms with Gasteiger partial charge < -0.3 is 0 Å². The Labute approximate surface area is 178 Å². The Bertz CT molecular complexity index is 1060. The van der Waals surface area contributed by atoms with E-state index in [-0.39, 0.29) is 5.91 Å². The van der Waals surface area contributed by atoms with Gasteiger partial charge in [-0.2, -0.15) is 0 Å². The molecule has 0 unspecified atom stereocenters. The zero-order valence-corrected chi connectivity index (χ0v) is 17.7. The van der Waals surface area contributed by atoms with Crippen LogP contribution in [0.3, 0.4) is 0 Å². The number of rotatable bonds is 7. The fourth-order valence-corrected chi connectivity index (χ4v) is 4.74. The third-order valence-corrected chi connectivity index (χ3v) is 6.54. The van der Waals surface area contributed by atoms with Crippen LogP contribution in [0.2, 0.25) is 0 Å². The molecule has 0 radical (unpaired) electrons. The molecule has 0 spiro atoms. The highest BCUT2D eigenvalue weighted by Gasteiger charge is 2.20. The van der Waals surface area contributed by atoms with Crippen LogP contribution < -0.4 is 4.90 Å². The van der Waals surface area contributed by atoms with Crippen molar-refractivity contribution in [3.05, 3.63) is 84.2 Å². The van der Waals surface area contributed by atoms with E-state index in [2.05, 4.69) is 36.2 Å². The molecule has 0 saturated heterocycles. The zero-order chi connectivity index (χ0) is 20.1. The van der Waals surface area contributed by atoms with Crippen LogP contribution in [0.5, 0.6) is 0 Å². The number of fused-ring (bicyclic) bond motifs is 1. The van der Waals surface area contributed by atoms with Crippen molar-refractivity contribution in [2.24, 2.45) is 0 Å². The number of benzene rings is 2. The minimum Gasteiger partial charge on any atom is -0.282 e. The monoisotopic (exact) mass is 419 g/mol. The molecular formula is C23H21N3OS2. The van der Waals surface area contributed by atoms with Crippen molar-refractivity contribution >= 4 is 44.4 Å². The van der Waals surface area contributed by atoms with E-state index in [1.807, 2.05) is 42.5 Å². The first kappa shape index (κ1) is 19.6. The Morgan fingerprint density at radius 3 is 2.59 bits per heavy atom. The Morgan fingerprint density at radius 1 is 1.03 bits per heavy atom. The molecule has 0 saturated carbocycles. The number of carbonyl (C=O) groups excluding carboxylic acids is 1. The van der Waals surface area contributed by atoms with Crippen molar-refractivity contribution < 1.29 is 4.79 Å². The van der Waals surface area contributed by atoms with E-state index in [0.29, 0.717) is 13.0 Å². The predicted octanol–water partition coefficient (Wildman–Crippen LogP) is 5.72. The van der Waals surface area contributed by atoms with Crippen molar-refractivity contribution in [3.63, 3.8) is 0 Å². The first-order valence-electron chi connectivity index (χ1n) is 9.44. The number of amides is 1. The van der Waals surface area contributed by atoms with Gasteiger partial charge in [-0.3, -0.25) is 14.7 Å². The van der Waals surface area contributed by atoms with Crippen molar-refractivity contribution in [1.82, 2.24) is 9.97 Å². The standard InChI is InChI=1S/C23H21N3OS2/c1-17-9-11-19(12-10-17)28-15-13-22(27)26(16-18-6-4-5-14-24-18)23-25-20-7-2-3-8-21(20)29-23/h2-12,14H,13,15-16H2,1H3.